The molecule has 0 atom stereocenters. The Labute approximate surface area is 137 Å². The molecule has 0 aliphatic heterocycles. The van der Waals surface area contributed by atoms with Crippen molar-refractivity contribution >= 4 is 53.8 Å². The van der Waals surface area contributed by atoms with Crippen LogP contribution in [0.1, 0.15) is 0 Å². The number of hydrogen-bond donors (Lipinski definition) is 0. The average molecular weight is 407 g/mol. The van der Waals surface area contributed by atoms with Gasteiger partial charge in [0.25, 0.3) is 0 Å². The minimum absolute atomic E-state index is 0.690. The number of aryl methyl sites for hydroxylation is 1. The van der Waals surface area contributed by atoms with Gasteiger partial charge in [0.05, 0.1) is 16.6 Å². The first kappa shape index (κ1) is 13.0. The molecule has 0 saturated heterocycles. The molecule has 0 aliphatic carbocycles. The highest BCUT2D eigenvalue weighted by Gasteiger charge is 2.17. The molecule has 0 unspecified atom stereocenters. The maximum absolute atomic E-state index is 5.63. The summed E-state index contributed by atoms with van der Waals surface area (Å²) in [6.45, 7) is 0. The number of benzene rings is 1. The Morgan fingerprint density at radius 3 is 2.81 bits per heavy atom. The third-order valence-electron chi connectivity index (χ3n) is 3.47. The van der Waals surface area contributed by atoms with Crippen LogP contribution in [0.5, 0.6) is 0 Å². The first-order valence-corrected chi connectivity index (χ1v) is 7.89. The summed E-state index contributed by atoms with van der Waals surface area (Å²) in [6, 6.07) is 9.74. The Bertz CT molecular complexity index is 987. The van der Waals surface area contributed by atoms with Gasteiger partial charge in [-0.2, -0.15) is 0 Å². The largest absolute Gasteiger partial charge is 0.446 e. The van der Waals surface area contributed by atoms with Crippen LogP contribution >= 0.6 is 31.9 Å². The fourth-order valence-corrected chi connectivity index (χ4v) is 3.51. The second-order valence-electron chi connectivity index (χ2n) is 4.72. The molecule has 4 rings (SSSR count). The van der Waals surface area contributed by atoms with E-state index in [0.29, 0.717) is 4.67 Å². The second-order valence-corrected chi connectivity index (χ2v) is 6.36. The molecule has 0 amide bonds. The van der Waals surface area contributed by atoms with E-state index in [1.807, 2.05) is 41.9 Å². The van der Waals surface area contributed by atoms with Gasteiger partial charge >= 0.3 is 0 Å². The maximum Gasteiger partial charge on any atom is 0.177 e. The van der Waals surface area contributed by atoms with Gasteiger partial charge < -0.3 is 8.98 Å². The van der Waals surface area contributed by atoms with Crippen LogP contribution in [0.15, 0.2) is 50.1 Å². The predicted octanol–water partition coefficient (Wildman–Crippen LogP) is 4.91. The van der Waals surface area contributed by atoms with E-state index in [0.717, 1.165) is 38.0 Å². The summed E-state index contributed by atoms with van der Waals surface area (Å²) in [7, 11) is 1.98. The summed E-state index contributed by atoms with van der Waals surface area (Å²) < 4.78 is 9.32. The van der Waals surface area contributed by atoms with Crippen LogP contribution in [-0.4, -0.2) is 14.5 Å². The molecule has 6 heteroatoms. The highest BCUT2D eigenvalue weighted by molar-refractivity contribution is 9.10. The third-order valence-corrected chi connectivity index (χ3v) is 4.50. The number of aromatic nitrogens is 3. The van der Waals surface area contributed by atoms with Crippen molar-refractivity contribution in [3.05, 3.63) is 45.7 Å². The number of rotatable bonds is 1. The second kappa shape index (κ2) is 4.68. The standard InChI is InChI=1S/C15H9Br2N3O/c1-20-14-9(16)7-10-8(3-2-6-18-10)13(14)19-15(20)11-4-5-12(17)21-11/h2-7H,1H3. The molecule has 4 aromatic rings. The summed E-state index contributed by atoms with van der Waals surface area (Å²) in [4.78, 5) is 9.16. The van der Waals surface area contributed by atoms with Gasteiger partial charge in [-0.25, -0.2) is 4.98 Å². The molecule has 21 heavy (non-hydrogen) atoms. The van der Waals surface area contributed by atoms with Crippen molar-refractivity contribution in [1.29, 1.82) is 0 Å². The van der Waals surface area contributed by atoms with Crippen molar-refractivity contribution in [3.63, 3.8) is 0 Å². The average Bonchev–Trinajstić information content (AvgIpc) is 3.03. The molecular weight excluding hydrogens is 398 g/mol. The molecule has 104 valence electrons. The minimum Gasteiger partial charge on any atom is -0.446 e. The van der Waals surface area contributed by atoms with Gasteiger partial charge in [0.2, 0.25) is 0 Å². The third kappa shape index (κ3) is 1.93. The van der Waals surface area contributed by atoms with Gasteiger partial charge in [-0.1, -0.05) is 0 Å². The Morgan fingerprint density at radius 2 is 2.05 bits per heavy atom. The minimum atomic E-state index is 0.690. The van der Waals surface area contributed by atoms with Gasteiger partial charge in [0, 0.05) is 23.1 Å². The Balaban J connectivity index is 2.14. The molecule has 3 aromatic heterocycles. The zero-order valence-corrected chi connectivity index (χ0v) is 14.1. The first-order chi connectivity index (χ1) is 10.1. The predicted molar refractivity (Wildman–Crippen MR) is 89.1 cm³/mol. The zero-order chi connectivity index (χ0) is 14.6. The monoisotopic (exact) mass is 405 g/mol. The Morgan fingerprint density at radius 1 is 1.19 bits per heavy atom. The van der Waals surface area contributed by atoms with Crippen LogP contribution in [0.4, 0.5) is 0 Å². The van der Waals surface area contributed by atoms with Crippen molar-refractivity contribution in [1.82, 2.24) is 14.5 Å². The van der Waals surface area contributed by atoms with E-state index >= 15 is 0 Å². The normalized spacial score (nSPS) is 11.6. The van der Waals surface area contributed by atoms with Crippen LogP contribution in [-0.2, 0) is 7.05 Å². The lowest BCUT2D eigenvalue weighted by molar-refractivity contribution is 0.549. The molecular formula is C15H9Br2N3O. The van der Waals surface area contributed by atoms with Crippen LogP contribution < -0.4 is 0 Å². The van der Waals surface area contributed by atoms with E-state index in [4.69, 9.17) is 9.40 Å². The van der Waals surface area contributed by atoms with E-state index < -0.39 is 0 Å². The number of fused-ring (bicyclic) bond motifs is 3. The summed E-state index contributed by atoms with van der Waals surface area (Å²) in [5.41, 5.74) is 2.86. The van der Waals surface area contributed by atoms with Crippen LogP contribution in [0.25, 0.3) is 33.5 Å². The Hall–Kier alpha value is -1.66. The van der Waals surface area contributed by atoms with Gasteiger partial charge in [0.1, 0.15) is 0 Å². The van der Waals surface area contributed by atoms with Gasteiger partial charge in [-0.3, -0.25) is 4.98 Å². The lowest BCUT2D eigenvalue weighted by Crippen LogP contribution is -1.92. The van der Waals surface area contributed by atoms with Gasteiger partial charge in [0.15, 0.2) is 16.3 Å². The SMILES string of the molecule is Cn1c(-c2ccc(Br)o2)nc2c3cccnc3cc(Br)c21. The van der Waals surface area contributed by atoms with Crippen molar-refractivity contribution < 1.29 is 4.42 Å². The first-order valence-electron chi connectivity index (χ1n) is 6.30. The van der Waals surface area contributed by atoms with E-state index in [1.54, 1.807) is 6.20 Å². The van der Waals surface area contributed by atoms with Crippen molar-refractivity contribution in [2.24, 2.45) is 7.05 Å². The summed E-state index contributed by atoms with van der Waals surface area (Å²) in [5, 5.41) is 1.03. The molecule has 0 bridgehead atoms. The molecule has 4 nitrogen and oxygen atoms in total. The fraction of sp³-hybridized carbons (Fsp3) is 0.0667. The quantitative estimate of drug-likeness (QED) is 0.451. The number of hydrogen-bond acceptors (Lipinski definition) is 3. The van der Waals surface area contributed by atoms with E-state index in [2.05, 4.69) is 36.8 Å². The molecule has 0 fully saturated rings. The van der Waals surface area contributed by atoms with E-state index in [9.17, 15) is 0 Å². The summed E-state index contributed by atoms with van der Waals surface area (Å²) in [5.74, 6) is 1.51. The van der Waals surface area contributed by atoms with Crippen molar-refractivity contribution in [3.8, 4) is 11.6 Å². The van der Waals surface area contributed by atoms with Crippen molar-refractivity contribution in [2.75, 3.05) is 0 Å². The van der Waals surface area contributed by atoms with Crippen LogP contribution in [0, 0.1) is 0 Å². The van der Waals surface area contributed by atoms with Gasteiger partial charge in [-0.15, -0.1) is 0 Å². The highest BCUT2D eigenvalue weighted by atomic mass is 79.9. The molecule has 0 spiro atoms. The molecule has 0 aliphatic rings. The fourth-order valence-electron chi connectivity index (χ4n) is 2.54. The lowest BCUT2D eigenvalue weighted by atomic mass is 10.2. The summed E-state index contributed by atoms with van der Waals surface area (Å²) >= 11 is 6.95. The number of furan rings is 1. The van der Waals surface area contributed by atoms with E-state index in [1.165, 1.54) is 0 Å². The molecule has 0 saturated carbocycles. The molecule has 1 aromatic carbocycles. The van der Waals surface area contributed by atoms with Crippen molar-refractivity contribution in [2.45, 2.75) is 0 Å². The highest BCUT2D eigenvalue weighted by Crippen LogP contribution is 2.34. The Kier molecular flexibility index (Phi) is 2.90. The van der Waals surface area contributed by atoms with Gasteiger partial charge in [-0.05, 0) is 62.2 Å². The number of halogens is 2. The zero-order valence-electron chi connectivity index (χ0n) is 11.0. The molecule has 0 N–H and O–H groups in total. The number of imidazole rings is 1. The lowest BCUT2D eigenvalue weighted by Gasteiger charge is -2.03. The van der Waals surface area contributed by atoms with Crippen LogP contribution in [0.3, 0.4) is 0 Å². The maximum atomic E-state index is 5.63. The van der Waals surface area contributed by atoms with E-state index in [-0.39, 0.29) is 0 Å². The smallest absolute Gasteiger partial charge is 0.177 e. The number of nitrogens with zero attached hydrogens (tertiary/aromatic N) is 3. The van der Waals surface area contributed by atoms with Crippen LogP contribution in [0.2, 0.25) is 0 Å². The summed E-state index contributed by atoms with van der Waals surface area (Å²) in [6.07, 6.45) is 1.79. The topological polar surface area (TPSA) is 43.9 Å². The molecule has 3 heterocycles. The molecule has 0 radical (unpaired) electrons. The number of pyridine rings is 1.